The average Bonchev–Trinajstić information content (AvgIpc) is 3.17. The predicted octanol–water partition coefficient (Wildman–Crippen LogP) is 4.21. The van der Waals surface area contributed by atoms with Gasteiger partial charge in [0.15, 0.2) is 0 Å². The number of aromatic nitrogens is 3. The number of nitrogens with one attached hydrogen (secondary N) is 1. The van der Waals surface area contributed by atoms with Gasteiger partial charge in [-0.05, 0) is 66.9 Å². The number of hydrogen-bond acceptors (Lipinski definition) is 4. The Labute approximate surface area is 173 Å². The van der Waals surface area contributed by atoms with Gasteiger partial charge in [-0.1, -0.05) is 18.2 Å². The van der Waals surface area contributed by atoms with Gasteiger partial charge in [-0.3, -0.25) is 10.1 Å². The van der Waals surface area contributed by atoms with E-state index >= 15 is 0 Å². The number of benzene rings is 2. The van der Waals surface area contributed by atoms with Crippen LogP contribution in [0.25, 0.3) is 33.6 Å². The summed E-state index contributed by atoms with van der Waals surface area (Å²) in [6, 6.07) is 15.0. The lowest BCUT2D eigenvalue weighted by Crippen LogP contribution is -2.13. The van der Waals surface area contributed by atoms with E-state index in [1.807, 2.05) is 25.1 Å². The zero-order valence-electron chi connectivity index (χ0n) is 16.3. The maximum Gasteiger partial charge on any atom is 0.238 e. The summed E-state index contributed by atoms with van der Waals surface area (Å²) in [7, 11) is -3.84. The number of sulfonamides is 1. The predicted molar refractivity (Wildman–Crippen MR) is 113 cm³/mol. The maximum atomic E-state index is 14.7. The Bertz CT molecular complexity index is 1360. The van der Waals surface area contributed by atoms with Crippen molar-refractivity contribution in [1.82, 2.24) is 15.2 Å². The van der Waals surface area contributed by atoms with Crippen LogP contribution in [-0.4, -0.2) is 23.6 Å². The highest BCUT2D eigenvalue weighted by Crippen LogP contribution is 2.34. The Morgan fingerprint density at radius 1 is 0.967 bits per heavy atom. The highest BCUT2D eigenvalue weighted by Gasteiger charge is 2.16. The summed E-state index contributed by atoms with van der Waals surface area (Å²) in [6.45, 7) is 3.53. The minimum absolute atomic E-state index is 0.0189. The molecule has 0 aliphatic heterocycles. The van der Waals surface area contributed by atoms with Crippen molar-refractivity contribution in [2.75, 3.05) is 0 Å². The van der Waals surface area contributed by atoms with Gasteiger partial charge < -0.3 is 0 Å². The summed E-state index contributed by atoms with van der Waals surface area (Å²) in [4.78, 5) is 4.55. The summed E-state index contributed by atoms with van der Waals surface area (Å²) < 4.78 is 38.0. The van der Waals surface area contributed by atoms with Gasteiger partial charge in [0.05, 0.1) is 22.5 Å². The molecular weight excluding hydrogens is 403 g/mol. The van der Waals surface area contributed by atoms with Crippen molar-refractivity contribution in [3.63, 3.8) is 0 Å². The van der Waals surface area contributed by atoms with E-state index in [1.54, 1.807) is 37.4 Å². The molecule has 0 bridgehead atoms. The van der Waals surface area contributed by atoms with Crippen LogP contribution in [0.15, 0.2) is 65.7 Å². The lowest BCUT2D eigenvalue weighted by molar-refractivity contribution is 0.597. The fraction of sp³-hybridized carbons (Fsp3) is 0.0909. The zero-order chi connectivity index (χ0) is 21.5. The van der Waals surface area contributed by atoms with Crippen molar-refractivity contribution in [2.24, 2.45) is 5.14 Å². The topological polar surface area (TPSA) is 102 Å². The SMILES string of the molecule is Cc1cccc(-c2[nH]ncc2-c2ccc(F)c(-c3ccc(S(N)(=O)=O)c(C)c3)c2)n1. The Morgan fingerprint density at radius 3 is 2.40 bits per heavy atom. The van der Waals surface area contributed by atoms with E-state index in [4.69, 9.17) is 5.14 Å². The molecule has 0 radical (unpaired) electrons. The first-order valence-corrected chi connectivity index (χ1v) is 10.7. The molecule has 3 N–H and O–H groups in total. The molecule has 4 aromatic rings. The second kappa shape index (κ2) is 7.47. The van der Waals surface area contributed by atoms with E-state index in [-0.39, 0.29) is 4.90 Å². The van der Waals surface area contributed by atoms with Crippen LogP contribution in [0.2, 0.25) is 0 Å². The van der Waals surface area contributed by atoms with E-state index in [2.05, 4.69) is 15.2 Å². The lowest BCUT2D eigenvalue weighted by Gasteiger charge is -2.10. The number of rotatable bonds is 4. The van der Waals surface area contributed by atoms with Crippen LogP contribution < -0.4 is 5.14 Å². The molecule has 2 aromatic carbocycles. The minimum atomic E-state index is -3.84. The number of primary sulfonamides is 1. The fourth-order valence-electron chi connectivity index (χ4n) is 3.43. The van der Waals surface area contributed by atoms with Crippen LogP contribution in [0.3, 0.4) is 0 Å². The van der Waals surface area contributed by atoms with Crippen LogP contribution in [0, 0.1) is 19.7 Å². The average molecular weight is 422 g/mol. The number of H-pyrrole nitrogens is 1. The highest BCUT2D eigenvalue weighted by atomic mass is 32.2. The second-order valence-electron chi connectivity index (χ2n) is 7.04. The number of aromatic amines is 1. The van der Waals surface area contributed by atoms with Gasteiger partial charge in [0.2, 0.25) is 10.0 Å². The fourth-order valence-corrected chi connectivity index (χ4v) is 4.20. The molecule has 0 unspecified atom stereocenters. The summed E-state index contributed by atoms with van der Waals surface area (Å²) in [6.07, 6.45) is 1.67. The molecule has 2 heterocycles. The lowest BCUT2D eigenvalue weighted by atomic mass is 9.97. The highest BCUT2D eigenvalue weighted by molar-refractivity contribution is 7.89. The van der Waals surface area contributed by atoms with Gasteiger partial charge in [0, 0.05) is 16.8 Å². The van der Waals surface area contributed by atoms with E-state index in [9.17, 15) is 12.8 Å². The normalized spacial score (nSPS) is 11.6. The van der Waals surface area contributed by atoms with E-state index in [0.29, 0.717) is 16.7 Å². The van der Waals surface area contributed by atoms with Crippen molar-refractivity contribution in [3.05, 3.63) is 77.9 Å². The van der Waals surface area contributed by atoms with Crippen molar-refractivity contribution in [3.8, 4) is 33.6 Å². The summed E-state index contributed by atoms with van der Waals surface area (Å²) in [5.74, 6) is -0.416. The van der Waals surface area contributed by atoms with Gasteiger partial charge in [0.25, 0.3) is 0 Å². The molecular formula is C22H19FN4O2S. The minimum Gasteiger partial charge on any atom is -0.276 e. The first-order valence-electron chi connectivity index (χ1n) is 9.15. The van der Waals surface area contributed by atoms with Crippen LogP contribution in [0.5, 0.6) is 0 Å². The molecule has 0 saturated carbocycles. The molecule has 0 aliphatic carbocycles. The first kappa shape index (κ1) is 19.9. The molecule has 152 valence electrons. The molecule has 0 saturated heterocycles. The number of hydrogen-bond donors (Lipinski definition) is 2. The van der Waals surface area contributed by atoms with Crippen LogP contribution in [-0.2, 0) is 10.0 Å². The number of aryl methyl sites for hydroxylation is 2. The maximum absolute atomic E-state index is 14.7. The molecule has 4 rings (SSSR count). The monoisotopic (exact) mass is 422 g/mol. The summed E-state index contributed by atoms with van der Waals surface area (Å²) in [5.41, 5.74) is 5.24. The van der Waals surface area contributed by atoms with Gasteiger partial charge in [-0.15, -0.1) is 0 Å². The largest absolute Gasteiger partial charge is 0.276 e. The van der Waals surface area contributed by atoms with E-state index in [1.165, 1.54) is 12.1 Å². The molecule has 0 amide bonds. The van der Waals surface area contributed by atoms with Gasteiger partial charge >= 0.3 is 0 Å². The summed E-state index contributed by atoms with van der Waals surface area (Å²) in [5, 5.41) is 12.3. The van der Waals surface area contributed by atoms with Crippen molar-refractivity contribution >= 4 is 10.0 Å². The van der Waals surface area contributed by atoms with Crippen molar-refractivity contribution in [1.29, 1.82) is 0 Å². The number of nitrogens with two attached hydrogens (primary N) is 1. The third-order valence-corrected chi connectivity index (χ3v) is 5.92. The molecule has 0 spiro atoms. The van der Waals surface area contributed by atoms with E-state index in [0.717, 1.165) is 28.2 Å². The third-order valence-electron chi connectivity index (χ3n) is 4.85. The molecule has 8 heteroatoms. The molecule has 0 fully saturated rings. The number of pyridine rings is 1. The van der Waals surface area contributed by atoms with Crippen molar-refractivity contribution < 1.29 is 12.8 Å². The first-order chi connectivity index (χ1) is 14.2. The molecule has 30 heavy (non-hydrogen) atoms. The smallest absolute Gasteiger partial charge is 0.238 e. The Morgan fingerprint density at radius 2 is 1.70 bits per heavy atom. The third kappa shape index (κ3) is 3.74. The second-order valence-corrected chi connectivity index (χ2v) is 8.57. The van der Waals surface area contributed by atoms with Gasteiger partial charge in [0.1, 0.15) is 5.82 Å². The zero-order valence-corrected chi connectivity index (χ0v) is 17.2. The molecule has 6 nitrogen and oxygen atoms in total. The Kier molecular flexibility index (Phi) is 4.97. The Balaban J connectivity index is 1.82. The van der Waals surface area contributed by atoms with Crippen LogP contribution in [0.4, 0.5) is 4.39 Å². The number of nitrogens with zero attached hydrogens (tertiary/aromatic N) is 2. The summed E-state index contributed by atoms with van der Waals surface area (Å²) >= 11 is 0. The molecule has 2 aromatic heterocycles. The van der Waals surface area contributed by atoms with Gasteiger partial charge in [-0.25, -0.2) is 17.9 Å². The molecule has 0 atom stereocenters. The number of halogens is 1. The quantitative estimate of drug-likeness (QED) is 0.514. The van der Waals surface area contributed by atoms with Gasteiger partial charge in [-0.2, -0.15) is 5.10 Å². The standard InChI is InChI=1S/C22H19FN4O2S/c1-13-10-15(7-9-21(13)30(24,28)29)17-11-16(6-8-19(17)23)18-12-25-27-22(18)20-5-3-4-14(2)26-20/h3-12H,1-2H3,(H,25,27)(H2,24,28,29). The Hall–Kier alpha value is -3.36. The van der Waals surface area contributed by atoms with Crippen LogP contribution >= 0.6 is 0 Å². The van der Waals surface area contributed by atoms with Crippen molar-refractivity contribution in [2.45, 2.75) is 18.7 Å². The van der Waals surface area contributed by atoms with Crippen LogP contribution in [0.1, 0.15) is 11.3 Å². The molecule has 0 aliphatic rings. The van der Waals surface area contributed by atoms with E-state index < -0.39 is 15.8 Å².